The minimum absolute atomic E-state index is 0.334. The molecule has 1 fully saturated rings. The maximum absolute atomic E-state index is 8.36. The molecule has 94 valence electrons. The van der Waals surface area contributed by atoms with Gasteiger partial charge in [0.05, 0.1) is 0 Å². The maximum Gasteiger partial charge on any atom is 0.139 e. The van der Waals surface area contributed by atoms with Gasteiger partial charge in [-0.25, -0.2) is 0 Å². The summed E-state index contributed by atoms with van der Waals surface area (Å²) in [5.41, 5.74) is 5.98. The smallest absolute Gasteiger partial charge is 0.139 e. The van der Waals surface area contributed by atoms with Crippen molar-refractivity contribution in [3.63, 3.8) is 0 Å². The van der Waals surface area contributed by atoms with Gasteiger partial charge in [0, 0.05) is 13.0 Å². The fourth-order valence-corrected chi connectivity index (χ4v) is 2.06. The summed E-state index contributed by atoms with van der Waals surface area (Å²) in [5, 5.41) is 14.8. The molecule has 0 radical (unpaired) electrons. The van der Waals surface area contributed by atoms with Crippen molar-refractivity contribution in [1.82, 2.24) is 5.32 Å². The summed E-state index contributed by atoms with van der Waals surface area (Å²) >= 11 is 0. The zero-order valence-electron chi connectivity index (χ0n) is 10.5. The highest BCUT2D eigenvalue weighted by molar-refractivity contribution is 5.79. The van der Waals surface area contributed by atoms with Crippen LogP contribution in [0.2, 0.25) is 0 Å². The molecule has 4 nitrogen and oxygen atoms in total. The summed E-state index contributed by atoms with van der Waals surface area (Å²) in [5.74, 6) is 1.12. The lowest BCUT2D eigenvalue weighted by atomic mass is 9.92. The van der Waals surface area contributed by atoms with Crippen molar-refractivity contribution in [2.45, 2.75) is 46.0 Å². The number of amidine groups is 1. The largest absolute Gasteiger partial charge is 0.409 e. The topological polar surface area (TPSA) is 70.6 Å². The van der Waals surface area contributed by atoms with Crippen molar-refractivity contribution in [2.24, 2.45) is 22.2 Å². The van der Waals surface area contributed by atoms with E-state index >= 15 is 0 Å². The molecule has 16 heavy (non-hydrogen) atoms. The first-order chi connectivity index (χ1) is 7.60. The molecule has 0 saturated heterocycles. The lowest BCUT2D eigenvalue weighted by molar-refractivity contribution is 0.316. The van der Waals surface area contributed by atoms with E-state index in [2.05, 4.69) is 24.3 Å². The van der Waals surface area contributed by atoms with Crippen LogP contribution in [-0.4, -0.2) is 24.1 Å². The first-order valence-corrected chi connectivity index (χ1v) is 6.28. The fourth-order valence-electron chi connectivity index (χ4n) is 2.06. The molecule has 0 heterocycles. The van der Waals surface area contributed by atoms with E-state index in [4.69, 9.17) is 10.9 Å². The molecule has 1 aliphatic carbocycles. The number of unbranched alkanes of at least 4 members (excludes halogenated alkanes) is 1. The predicted octanol–water partition coefficient (Wildman–Crippen LogP) is 1.93. The number of rotatable bonds is 8. The molecule has 4 heteroatoms. The van der Waals surface area contributed by atoms with Gasteiger partial charge < -0.3 is 16.3 Å². The summed E-state index contributed by atoms with van der Waals surface area (Å²) < 4.78 is 0. The number of nitrogens with one attached hydrogen (secondary N) is 1. The van der Waals surface area contributed by atoms with Crippen molar-refractivity contribution in [3.05, 3.63) is 0 Å². The van der Waals surface area contributed by atoms with E-state index in [-0.39, 0.29) is 0 Å². The van der Waals surface area contributed by atoms with Gasteiger partial charge in [-0.1, -0.05) is 19.0 Å². The molecule has 0 aromatic heterocycles. The molecule has 0 bridgehead atoms. The van der Waals surface area contributed by atoms with Crippen LogP contribution in [0.1, 0.15) is 46.0 Å². The van der Waals surface area contributed by atoms with Crippen LogP contribution >= 0.6 is 0 Å². The fraction of sp³-hybridized carbons (Fsp3) is 0.917. The van der Waals surface area contributed by atoms with Gasteiger partial charge in [0.15, 0.2) is 0 Å². The lowest BCUT2D eigenvalue weighted by Crippen LogP contribution is -2.28. The molecule has 0 spiro atoms. The average molecular weight is 227 g/mol. The molecule has 0 unspecified atom stereocenters. The Bertz CT molecular complexity index is 234. The summed E-state index contributed by atoms with van der Waals surface area (Å²) in [7, 11) is 0. The molecular weight excluding hydrogens is 202 g/mol. The Balaban J connectivity index is 1.97. The second-order valence-electron chi connectivity index (χ2n) is 5.24. The first kappa shape index (κ1) is 13.3. The second-order valence-corrected chi connectivity index (χ2v) is 5.24. The van der Waals surface area contributed by atoms with E-state index < -0.39 is 0 Å². The first-order valence-electron chi connectivity index (χ1n) is 6.28. The van der Waals surface area contributed by atoms with Crippen molar-refractivity contribution >= 4 is 5.84 Å². The van der Waals surface area contributed by atoms with E-state index in [0.29, 0.717) is 17.7 Å². The Morgan fingerprint density at radius 1 is 1.44 bits per heavy atom. The van der Waals surface area contributed by atoms with Crippen LogP contribution in [-0.2, 0) is 0 Å². The van der Waals surface area contributed by atoms with Crippen LogP contribution < -0.4 is 11.1 Å². The van der Waals surface area contributed by atoms with Crippen LogP contribution in [0.4, 0.5) is 0 Å². The minimum Gasteiger partial charge on any atom is -0.409 e. The van der Waals surface area contributed by atoms with E-state index in [1.54, 1.807) is 0 Å². The number of oxime groups is 1. The monoisotopic (exact) mass is 227 g/mol. The Hall–Kier alpha value is -0.770. The van der Waals surface area contributed by atoms with E-state index in [1.807, 2.05) is 0 Å². The zero-order chi connectivity index (χ0) is 12.0. The van der Waals surface area contributed by atoms with Gasteiger partial charge in [0.2, 0.25) is 0 Å². The molecule has 1 rings (SSSR count). The van der Waals surface area contributed by atoms with Gasteiger partial charge >= 0.3 is 0 Å². The van der Waals surface area contributed by atoms with Crippen molar-refractivity contribution in [3.8, 4) is 0 Å². The van der Waals surface area contributed by atoms with Crippen LogP contribution in [0.5, 0.6) is 0 Å². The normalized spacial score (nSPS) is 19.1. The van der Waals surface area contributed by atoms with E-state index in [0.717, 1.165) is 31.8 Å². The number of hydrogen-bond donors (Lipinski definition) is 3. The average Bonchev–Trinajstić information content (AvgIpc) is 3.04. The number of nitrogens with zero attached hydrogens (tertiary/aromatic N) is 1. The molecule has 0 aromatic carbocycles. The van der Waals surface area contributed by atoms with Crippen LogP contribution in [0.15, 0.2) is 5.16 Å². The Kier molecular flexibility index (Phi) is 5.06. The molecule has 0 aromatic rings. The van der Waals surface area contributed by atoms with Gasteiger partial charge in [-0.3, -0.25) is 0 Å². The molecule has 0 atom stereocenters. The highest BCUT2D eigenvalue weighted by Gasteiger charge is 2.44. The van der Waals surface area contributed by atoms with Crippen LogP contribution in [0.25, 0.3) is 0 Å². The molecule has 0 aliphatic heterocycles. The van der Waals surface area contributed by atoms with Gasteiger partial charge in [-0.15, -0.1) is 0 Å². The van der Waals surface area contributed by atoms with Gasteiger partial charge in [0.25, 0.3) is 0 Å². The Labute approximate surface area is 98.3 Å². The maximum atomic E-state index is 8.36. The SMILES string of the molecule is CC(C)C1(CNCCCCC(N)=NO)CC1. The summed E-state index contributed by atoms with van der Waals surface area (Å²) in [6.45, 7) is 6.81. The third-order valence-corrected chi connectivity index (χ3v) is 3.76. The Morgan fingerprint density at radius 3 is 2.62 bits per heavy atom. The lowest BCUT2D eigenvalue weighted by Gasteiger charge is -2.19. The minimum atomic E-state index is 0.334. The van der Waals surface area contributed by atoms with Gasteiger partial charge in [0.1, 0.15) is 5.84 Å². The third kappa shape index (κ3) is 4.00. The Morgan fingerprint density at radius 2 is 2.12 bits per heavy atom. The van der Waals surface area contributed by atoms with Crippen molar-refractivity contribution < 1.29 is 5.21 Å². The molecule has 1 aliphatic rings. The van der Waals surface area contributed by atoms with Gasteiger partial charge in [-0.05, 0) is 43.6 Å². The molecule has 4 N–H and O–H groups in total. The number of hydrogen-bond acceptors (Lipinski definition) is 3. The second kappa shape index (κ2) is 6.09. The third-order valence-electron chi connectivity index (χ3n) is 3.76. The van der Waals surface area contributed by atoms with Gasteiger partial charge in [-0.2, -0.15) is 0 Å². The quantitative estimate of drug-likeness (QED) is 0.195. The van der Waals surface area contributed by atoms with E-state index in [1.165, 1.54) is 12.8 Å². The predicted molar refractivity (Wildman–Crippen MR) is 66.6 cm³/mol. The van der Waals surface area contributed by atoms with Crippen LogP contribution in [0.3, 0.4) is 0 Å². The highest BCUT2D eigenvalue weighted by atomic mass is 16.4. The number of nitrogens with two attached hydrogens (primary N) is 1. The van der Waals surface area contributed by atoms with E-state index in [9.17, 15) is 0 Å². The zero-order valence-corrected chi connectivity index (χ0v) is 10.5. The van der Waals surface area contributed by atoms with Crippen molar-refractivity contribution in [1.29, 1.82) is 0 Å². The molecular formula is C12H25N3O. The van der Waals surface area contributed by atoms with Crippen LogP contribution in [0, 0.1) is 11.3 Å². The molecule has 1 saturated carbocycles. The van der Waals surface area contributed by atoms with Crippen molar-refractivity contribution in [2.75, 3.05) is 13.1 Å². The summed E-state index contributed by atoms with van der Waals surface area (Å²) in [6.07, 6.45) is 5.51. The molecule has 0 amide bonds. The summed E-state index contributed by atoms with van der Waals surface area (Å²) in [4.78, 5) is 0. The summed E-state index contributed by atoms with van der Waals surface area (Å²) in [6, 6.07) is 0. The highest BCUT2D eigenvalue weighted by Crippen LogP contribution is 2.51. The standard InChI is InChI=1S/C12H25N3O/c1-10(2)12(6-7-12)9-14-8-4-3-5-11(13)15-16/h10,14,16H,3-9H2,1-2H3,(H2,13,15).